The first kappa shape index (κ1) is 20.5. The maximum absolute atomic E-state index is 13.0. The van der Waals surface area contributed by atoms with Crippen LogP contribution in [0.2, 0.25) is 0 Å². The lowest BCUT2D eigenvalue weighted by Crippen LogP contribution is -2.29. The van der Waals surface area contributed by atoms with Crippen molar-refractivity contribution in [2.75, 3.05) is 38.7 Å². The first-order chi connectivity index (χ1) is 13.6. The lowest BCUT2D eigenvalue weighted by Gasteiger charge is -2.13. The van der Waals surface area contributed by atoms with Crippen LogP contribution >= 0.6 is 24.0 Å². The summed E-state index contributed by atoms with van der Waals surface area (Å²) in [7, 11) is 1.60. The Hall–Kier alpha value is -2.27. The van der Waals surface area contributed by atoms with Crippen molar-refractivity contribution in [1.82, 2.24) is 14.3 Å². The smallest absolute Gasteiger partial charge is 0.267 e. The molecule has 1 saturated heterocycles. The third-order valence-corrected chi connectivity index (χ3v) is 5.43. The van der Waals surface area contributed by atoms with Crippen LogP contribution in [0.4, 0.5) is 5.82 Å². The fourth-order valence-corrected chi connectivity index (χ4v) is 4.02. The fraction of sp³-hybridized carbons (Fsp3) is 0.333. The van der Waals surface area contributed by atoms with E-state index in [0.717, 1.165) is 11.8 Å². The third-order valence-electron chi connectivity index (χ3n) is 4.05. The zero-order chi connectivity index (χ0) is 20.1. The lowest BCUT2D eigenvalue weighted by molar-refractivity contribution is -0.122. The van der Waals surface area contributed by atoms with E-state index in [-0.39, 0.29) is 30.2 Å². The number of ether oxygens (including phenoxy) is 1. The number of anilines is 1. The number of hydrogen-bond acceptors (Lipinski definition) is 8. The van der Waals surface area contributed by atoms with Crippen molar-refractivity contribution in [2.45, 2.75) is 6.42 Å². The third kappa shape index (κ3) is 4.25. The number of amides is 1. The summed E-state index contributed by atoms with van der Waals surface area (Å²) in [6.45, 7) is 1.10. The van der Waals surface area contributed by atoms with Gasteiger partial charge in [-0.3, -0.25) is 18.9 Å². The molecule has 0 radical (unpaired) electrons. The largest absolute Gasteiger partial charge is 0.395 e. The minimum atomic E-state index is -0.310. The molecule has 28 heavy (non-hydrogen) atoms. The first-order valence-electron chi connectivity index (χ1n) is 8.67. The van der Waals surface area contributed by atoms with E-state index in [0.29, 0.717) is 40.3 Å². The van der Waals surface area contributed by atoms with Crippen molar-refractivity contribution in [3.05, 3.63) is 45.2 Å². The Bertz CT molecular complexity index is 989. The van der Waals surface area contributed by atoms with Gasteiger partial charge in [-0.1, -0.05) is 30.0 Å². The number of carbonyl (C=O) groups excluding carboxylic acids is 1. The molecule has 1 aliphatic heterocycles. The maximum atomic E-state index is 13.0. The molecule has 2 aromatic heterocycles. The summed E-state index contributed by atoms with van der Waals surface area (Å²) in [4.78, 5) is 32.0. The Labute approximate surface area is 171 Å². The fourth-order valence-electron chi connectivity index (χ4n) is 2.73. The van der Waals surface area contributed by atoms with Crippen molar-refractivity contribution >= 4 is 51.7 Å². The molecule has 3 rings (SSSR count). The summed E-state index contributed by atoms with van der Waals surface area (Å²) in [5.41, 5.74) is 0.405. The molecule has 8 nitrogen and oxygen atoms in total. The zero-order valence-electron chi connectivity index (χ0n) is 15.3. The molecule has 3 heterocycles. The number of methoxy groups -OCH3 is 1. The minimum absolute atomic E-state index is 0.114. The van der Waals surface area contributed by atoms with E-state index >= 15 is 0 Å². The van der Waals surface area contributed by atoms with Gasteiger partial charge in [-0.05, 0) is 24.6 Å². The Morgan fingerprint density at radius 3 is 2.96 bits per heavy atom. The number of nitrogens with one attached hydrogen (secondary N) is 1. The predicted molar refractivity (Wildman–Crippen MR) is 113 cm³/mol. The number of aromatic nitrogens is 2. The Kier molecular flexibility index (Phi) is 6.79. The number of rotatable bonds is 8. The molecule has 0 atom stereocenters. The number of thioether (sulfide) groups is 1. The summed E-state index contributed by atoms with van der Waals surface area (Å²) >= 11 is 6.47. The van der Waals surface area contributed by atoms with Gasteiger partial charge in [0.05, 0.1) is 17.1 Å². The molecule has 10 heteroatoms. The van der Waals surface area contributed by atoms with E-state index in [1.54, 1.807) is 31.5 Å². The summed E-state index contributed by atoms with van der Waals surface area (Å²) in [6.07, 6.45) is 3.80. The standard InChI is InChI=1S/C18H20N4O4S2/c1-26-10-4-8-22-17(25)13(28-18(22)27)11-12-15(19-6-9-23)20-14-5-2-3-7-21(14)16(12)24/h2-3,5,7,11,19,23H,4,6,8-10H2,1H3/b13-11+. The van der Waals surface area contributed by atoms with Crippen LogP contribution in [-0.4, -0.2) is 63.0 Å². The highest BCUT2D eigenvalue weighted by Crippen LogP contribution is 2.33. The van der Waals surface area contributed by atoms with Gasteiger partial charge in [-0.25, -0.2) is 4.98 Å². The van der Waals surface area contributed by atoms with Crippen LogP contribution in [0.3, 0.4) is 0 Å². The zero-order valence-corrected chi connectivity index (χ0v) is 16.9. The van der Waals surface area contributed by atoms with Crippen LogP contribution in [0.5, 0.6) is 0 Å². The van der Waals surface area contributed by atoms with Gasteiger partial charge in [0.2, 0.25) is 0 Å². The summed E-state index contributed by atoms with van der Waals surface area (Å²) in [5.74, 6) is 0.0756. The van der Waals surface area contributed by atoms with Crippen LogP contribution in [0, 0.1) is 0 Å². The van der Waals surface area contributed by atoms with Crippen molar-refractivity contribution in [1.29, 1.82) is 0 Å². The van der Waals surface area contributed by atoms with Gasteiger partial charge >= 0.3 is 0 Å². The van der Waals surface area contributed by atoms with Crippen molar-refractivity contribution in [3.8, 4) is 0 Å². The number of aliphatic hydroxyl groups is 1. The second-order valence-corrected chi connectivity index (χ2v) is 7.61. The van der Waals surface area contributed by atoms with Crippen LogP contribution in [0.15, 0.2) is 34.1 Å². The molecular formula is C18H20N4O4S2. The van der Waals surface area contributed by atoms with Gasteiger partial charge in [0.15, 0.2) is 0 Å². The first-order valence-corrected chi connectivity index (χ1v) is 9.89. The quantitative estimate of drug-likeness (QED) is 0.375. The maximum Gasteiger partial charge on any atom is 0.267 e. The number of fused-ring (bicyclic) bond motifs is 1. The van der Waals surface area contributed by atoms with Crippen molar-refractivity contribution < 1.29 is 14.6 Å². The van der Waals surface area contributed by atoms with E-state index in [2.05, 4.69) is 10.3 Å². The van der Waals surface area contributed by atoms with E-state index in [4.69, 9.17) is 22.1 Å². The Morgan fingerprint density at radius 2 is 2.21 bits per heavy atom. The second-order valence-electron chi connectivity index (χ2n) is 5.94. The van der Waals surface area contributed by atoms with E-state index in [1.165, 1.54) is 15.4 Å². The van der Waals surface area contributed by atoms with Crippen LogP contribution < -0.4 is 10.9 Å². The molecule has 1 aliphatic rings. The summed E-state index contributed by atoms with van der Waals surface area (Å²) in [6, 6.07) is 5.23. The molecule has 0 saturated carbocycles. The average molecular weight is 421 g/mol. The van der Waals surface area contributed by atoms with Gasteiger partial charge in [-0.15, -0.1) is 0 Å². The highest BCUT2D eigenvalue weighted by Gasteiger charge is 2.32. The van der Waals surface area contributed by atoms with E-state index in [1.807, 2.05) is 0 Å². The molecule has 0 aromatic carbocycles. The molecule has 0 spiro atoms. The number of pyridine rings is 1. The van der Waals surface area contributed by atoms with Crippen LogP contribution in [-0.2, 0) is 9.53 Å². The highest BCUT2D eigenvalue weighted by molar-refractivity contribution is 8.26. The summed E-state index contributed by atoms with van der Waals surface area (Å²) < 4.78 is 6.88. The molecular weight excluding hydrogens is 400 g/mol. The van der Waals surface area contributed by atoms with Crippen LogP contribution in [0.25, 0.3) is 11.7 Å². The average Bonchev–Trinajstić information content (AvgIpc) is 2.96. The minimum Gasteiger partial charge on any atom is -0.395 e. The second kappa shape index (κ2) is 9.28. The molecule has 1 amide bonds. The Balaban J connectivity index is 2.00. The molecule has 2 N–H and O–H groups in total. The SMILES string of the molecule is COCCCN1C(=O)/C(=C\c2c(NCCO)nc3ccccn3c2=O)SC1=S. The molecule has 1 fully saturated rings. The highest BCUT2D eigenvalue weighted by atomic mass is 32.2. The molecule has 0 aliphatic carbocycles. The Morgan fingerprint density at radius 1 is 1.39 bits per heavy atom. The van der Waals surface area contributed by atoms with Crippen LogP contribution in [0.1, 0.15) is 12.0 Å². The topological polar surface area (TPSA) is 96.2 Å². The number of aliphatic hydroxyl groups excluding tert-OH is 1. The van der Waals surface area contributed by atoms with Gasteiger partial charge in [0.25, 0.3) is 11.5 Å². The van der Waals surface area contributed by atoms with Gasteiger partial charge < -0.3 is 15.2 Å². The van der Waals surface area contributed by atoms with Crippen molar-refractivity contribution in [3.63, 3.8) is 0 Å². The summed E-state index contributed by atoms with van der Waals surface area (Å²) in [5, 5.41) is 12.1. The van der Waals surface area contributed by atoms with Gasteiger partial charge in [0, 0.05) is 33.0 Å². The number of hydrogen-bond donors (Lipinski definition) is 2. The predicted octanol–water partition coefficient (Wildman–Crippen LogP) is 1.34. The number of nitrogens with zero attached hydrogens (tertiary/aromatic N) is 3. The van der Waals surface area contributed by atoms with E-state index in [9.17, 15) is 9.59 Å². The lowest BCUT2D eigenvalue weighted by atomic mass is 10.2. The van der Waals surface area contributed by atoms with E-state index < -0.39 is 0 Å². The monoisotopic (exact) mass is 420 g/mol. The van der Waals surface area contributed by atoms with Gasteiger partial charge in [0.1, 0.15) is 15.8 Å². The molecule has 2 aromatic rings. The number of thiocarbonyl (C=S) groups is 1. The van der Waals surface area contributed by atoms with Gasteiger partial charge in [-0.2, -0.15) is 0 Å². The normalized spacial score (nSPS) is 15.8. The number of carbonyl (C=O) groups is 1. The molecule has 148 valence electrons. The van der Waals surface area contributed by atoms with Crippen molar-refractivity contribution in [2.24, 2.45) is 0 Å². The molecule has 0 bridgehead atoms. The molecule has 0 unspecified atom stereocenters.